The first-order valence-corrected chi connectivity index (χ1v) is 10.6. The first-order chi connectivity index (χ1) is 16.7. The minimum absolute atomic E-state index is 0.199. The van der Waals surface area contributed by atoms with Gasteiger partial charge in [-0.1, -0.05) is 13.8 Å². The highest BCUT2D eigenvalue weighted by atomic mass is 16.4. The third kappa shape index (κ3) is 12.4. The first-order valence-electron chi connectivity index (χ1n) is 10.6. The number of hydrogen-bond donors (Lipinski definition) is 8. The van der Waals surface area contributed by atoms with Gasteiger partial charge in [0.05, 0.1) is 18.9 Å². The molecule has 0 aromatic rings. The minimum Gasteiger partial charge on any atom is -0.481 e. The van der Waals surface area contributed by atoms with Crippen molar-refractivity contribution >= 4 is 47.8 Å². The number of nitrogens with one attached hydrogen (secondary N) is 4. The van der Waals surface area contributed by atoms with Gasteiger partial charge in [0.15, 0.2) is 0 Å². The van der Waals surface area contributed by atoms with Crippen molar-refractivity contribution in [3.8, 4) is 0 Å². The number of aliphatic hydroxyl groups is 1. The number of carbonyl (C=O) groups is 8. The summed E-state index contributed by atoms with van der Waals surface area (Å²) in [6.07, 6.45) is -2.53. The van der Waals surface area contributed by atoms with E-state index in [1.54, 1.807) is 0 Å². The normalized spacial score (nSPS) is 13.9. The molecule has 0 heterocycles. The Morgan fingerprint density at radius 2 is 1.28 bits per heavy atom. The van der Waals surface area contributed by atoms with Crippen molar-refractivity contribution < 1.29 is 58.8 Å². The van der Waals surface area contributed by atoms with Crippen LogP contribution >= 0.6 is 0 Å². The van der Waals surface area contributed by atoms with E-state index in [1.165, 1.54) is 13.8 Å². The molecule has 4 atom stereocenters. The Morgan fingerprint density at radius 1 is 0.722 bits per heavy atom. The fourth-order valence-corrected chi connectivity index (χ4v) is 2.82. The van der Waals surface area contributed by atoms with Crippen LogP contribution in [0.25, 0.3) is 0 Å². The quantitative estimate of drug-likeness (QED) is 0.0875. The van der Waals surface area contributed by atoms with Gasteiger partial charge in [0, 0.05) is 6.42 Å². The highest BCUT2D eigenvalue weighted by Gasteiger charge is 2.32. The topological polar surface area (TPSA) is 266 Å². The Kier molecular flexibility index (Phi) is 14.0. The minimum atomic E-state index is -1.71. The number of carboxylic acid groups (broad SMARTS) is 3. The maximum atomic E-state index is 12.9. The zero-order valence-corrected chi connectivity index (χ0v) is 19.6. The van der Waals surface area contributed by atoms with Gasteiger partial charge in [-0.25, -0.2) is 0 Å². The molecule has 0 saturated carbocycles. The van der Waals surface area contributed by atoms with Crippen LogP contribution in [0.3, 0.4) is 0 Å². The molecule has 0 bridgehead atoms. The molecule has 0 aliphatic carbocycles. The summed E-state index contributed by atoms with van der Waals surface area (Å²) in [7, 11) is 0. The molecule has 0 fully saturated rings. The average Bonchev–Trinajstić information content (AvgIpc) is 2.77. The van der Waals surface area contributed by atoms with Crippen LogP contribution in [-0.2, 0) is 38.4 Å². The molecule has 0 radical (unpaired) electrons. The molecule has 16 nitrogen and oxygen atoms in total. The van der Waals surface area contributed by atoms with Crippen molar-refractivity contribution in [3.63, 3.8) is 0 Å². The second-order valence-electron chi connectivity index (χ2n) is 7.95. The van der Waals surface area contributed by atoms with Gasteiger partial charge >= 0.3 is 17.9 Å². The van der Waals surface area contributed by atoms with Crippen LogP contribution in [0.1, 0.15) is 39.5 Å². The lowest BCUT2D eigenvalue weighted by Gasteiger charge is -2.27. The Labute approximate surface area is 204 Å². The third-order valence-electron chi connectivity index (χ3n) is 4.59. The Morgan fingerprint density at radius 3 is 1.72 bits per heavy atom. The van der Waals surface area contributed by atoms with E-state index < -0.39 is 104 Å². The van der Waals surface area contributed by atoms with Crippen LogP contribution in [0.5, 0.6) is 0 Å². The number of hydrogen-bond acceptors (Lipinski definition) is 9. The predicted molar refractivity (Wildman–Crippen MR) is 117 cm³/mol. The van der Waals surface area contributed by atoms with Gasteiger partial charge in [-0.05, 0) is 12.3 Å². The fraction of sp³-hybridized carbons (Fsp3) is 0.600. The summed E-state index contributed by atoms with van der Waals surface area (Å²) in [6.45, 7) is 1.97. The summed E-state index contributed by atoms with van der Waals surface area (Å²) in [5, 5.41) is 44.1. The molecule has 0 saturated heterocycles. The van der Waals surface area contributed by atoms with E-state index in [0.29, 0.717) is 0 Å². The van der Waals surface area contributed by atoms with Gasteiger partial charge in [0.25, 0.3) is 0 Å². The first kappa shape index (κ1) is 31.9. The third-order valence-corrected chi connectivity index (χ3v) is 4.59. The molecule has 4 unspecified atom stereocenters. The molecule has 4 amide bonds. The van der Waals surface area contributed by atoms with Crippen molar-refractivity contribution in [2.24, 2.45) is 5.92 Å². The van der Waals surface area contributed by atoms with Crippen LogP contribution in [0.2, 0.25) is 0 Å². The van der Waals surface area contributed by atoms with Crippen LogP contribution in [-0.4, -0.2) is 99.0 Å². The summed E-state index contributed by atoms with van der Waals surface area (Å²) in [5.74, 6) is -9.01. The molecular weight excluding hydrogens is 488 g/mol. The molecular formula is C20H30N4O12. The maximum Gasteiger partial charge on any atom is 0.305 e. The van der Waals surface area contributed by atoms with Crippen molar-refractivity contribution in [2.45, 2.75) is 63.7 Å². The van der Waals surface area contributed by atoms with Crippen molar-refractivity contribution in [1.29, 1.82) is 0 Å². The summed E-state index contributed by atoms with van der Waals surface area (Å²) in [6, 6.07) is -6.02. The highest BCUT2D eigenvalue weighted by molar-refractivity contribution is 5.96. The zero-order valence-electron chi connectivity index (χ0n) is 19.6. The number of carbonyl (C=O) groups excluding carboxylic acids is 5. The zero-order chi connectivity index (χ0) is 28.0. The van der Waals surface area contributed by atoms with Crippen LogP contribution in [0, 0.1) is 5.92 Å². The van der Waals surface area contributed by atoms with Crippen molar-refractivity contribution in [3.05, 3.63) is 0 Å². The molecule has 202 valence electrons. The van der Waals surface area contributed by atoms with E-state index >= 15 is 0 Å². The smallest absolute Gasteiger partial charge is 0.305 e. The fourth-order valence-electron chi connectivity index (χ4n) is 2.82. The number of rotatable bonds is 17. The van der Waals surface area contributed by atoms with Gasteiger partial charge in [0.2, 0.25) is 23.6 Å². The van der Waals surface area contributed by atoms with E-state index in [0.717, 1.165) is 0 Å². The summed E-state index contributed by atoms with van der Waals surface area (Å²) in [5.41, 5.74) is 0. The molecule has 8 N–H and O–H groups in total. The SMILES string of the molecule is CC(C)C(NC(=O)C(CCC(=O)O)NC(=O)C(CC(=O)O)NC(=O)CO)C(=O)NC(C=O)CC(=O)O. The second kappa shape index (κ2) is 15.8. The molecule has 0 aliphatic heterocycles. The highest BCUT2D eigenvalue weighted by Crippen LogP contribution is 2.07. The van der Waals surface area contributed by atoms with Crippen LogP contribution in [0.4, 0.5) is 0 Å². The van der Waals surface area contributed by atoms with Gasteiger partial charge < -0.3 is 46.5 Å². The number of aliphatic carboxylic acids is 3. The van der Waals surface area contributed by atoms with Gasteiger partial charge in [-0.2, -0.15) is 0 Å². The average molecular weight is 518 g/mol. The monoisotopic (exact) mass is 518 g/mol. The summed E-state index contributed by atoms with van der Waals surface area (Å²) in [4.78, 5) is 93.3. The van der Waals surface area contributed by atoms with Crippen LogP contribution < -0.4 is 21.3 Å². The largest absolute Gasteiger partial charge is 0.481 e. The molecule has 0 aliphatic rings. The predicted octanol–water partition coefficient (Wildman–Crippen LogP) is -3.41. The molecule has 0 spiro atoms. The lowest BCUT2D eigenvalue weighted by Crippen LogP contribution is -2.59. The molecule has 16 heteroatoms. The number of aldehydes is 1. The molecule has 0 rings (SSSR count). The van der Waals surface area contributed by atoms with Gasteiger partial charge in [0.1, 0.15) is 31.0 Å². The van der Waals surface area contributed by atoms with E-state index in [9.17, 15) is 38.4 Å². The van der Waals surface area contributed by atoms with Crippen LogP contribution in [0.15, 0.2) is 0 Å². The molecule has 0 aromatic heterocycles. The lowest BCUT2D eigenvalue weighted by molar-refractivity contribution is -0.142. The van der Waals surface area contributed by atoms with Gasteiger partial charge in [-0.15, -0.1) is 0 Å². The number of carboxylic acids is 3. The summed E-state index contributed by atoms with van der Waals surface area (Å²) >= 11 is 0. The lowest BCUT2D eigenvalue weighted by atomic mass is 10.0. The number of amides is 4. The maximum absolute atomic E-state index is 12.9. The van der Waals surface area contributed by atoms with E-state index in [-0.39, 0.29) is 6.29 Å². The Balaban J connectivity index is 5.70. The van der Waals surface area contributed by atoms with Crippen molar-refractivity contribution in [1.82, 2.24) is 21.3 Å². The van der Waals surface area contributed by atoms with Gasteiger partial charge in [-0.3, -0.25) is 33.6 Å². The molecule has 36 heavy (non-hydrogen) atoms. The van der Waals surface area contributed by atoms with Crippen molar-refractivity contribution in [2.75, 3.05) is 6.61 Å². The van der Waals surface area contributed by atoms with E-state index in [1.807, 2.05) is 5.32 Å². The van der Waals surface area contributed by atoms with E-state index in [2.05, 4.69) is 16.0 Å². The second-order valence-corrected chi connectivity index (χ2v) is 7.95. The Bertz CT molecular complexity index is 860. The standard InChI is InChI=1S/C20H30N4O12/c1-9(2)17(20(36)21-10(7-25)5-15(30)31)24-18(34)11(3-4-14(28)29)23-19(35)12(6-16(32)33)22-13(27)8-26/h7,9-12,17,26H,3-6,8H2,1-2H3,(H,21,36)(H,22,27)(H,23,35)(H,24,34)(H,28,29)(H,30,31)(H,32,33). The Hall–Kier alpha value is -4.08. The number of aliphatic hydroxyl groups excluding tert-OH is 1. The van der Waals surface area contributed by atoms with E-state index in [4.69, 9.17) is 20.4 Å². The molecule has 0 aromatic carbocycles. The summed E-state index contributed by atoms with van der Waals surface area (Å²) < 4.78 is 0.